The molecule has 8 nitrogen and oxygen atoms in total. The Morgan fingerprint density at radius 2 is 2.07 bits per heavy atom. The fraction of sp³-hybridized carbons (Fsp3) is 0.222. The molecule has 0 aliphatic carbocycles. The molecule has 0 aliphatic heterocycles. The van der Waals surface area contributed by atoms with Crippen LogP contribution in [0.2, 0.25) is 0 Å². The van der Waals surface area contributed by atoms with Crippen LogP contribution in [-0.2, 0) is 16.1 Å². The maximum Gasteiger partial charge on any atom is 0.342 e. The minimum absolute atomic E-state index is 0.00976. The summed E-state index contributed by atoms with van der Waals surface area (Å²) in [4.78, 5) is 41.3. The van der Waals surface area contributed by atoms with E-state index in [4.69, 9.17) is 9.15 Å². The predicted octanol–water partition coefficient (Wildman–Crippen LogP) is 2.72. The third-order valence-corrected chi connectivity index (χ3v) is 4.74. The van der Waals surface area contributed by atoms with Gasteiger partial charge in [-0.15, -0.1) is 0 Å². The van der Waals surface area contributed by atoms with Crippen molar-refractivity contribution >= 4 is 51.3 Å². The number of furan rings is 1. The normalized spacial score (nSPS) is 10.8. The molecule has 3 aromatic rings. The van der Waals surface area contributed by atoms with Crippen molar-refractivity contribution in [1.82, 2.24) is 9.55 Å². The van der Waals surface area contributed by atoms with Gasteiger partial charge >= 0.3 is 5.97 Å². The summed E-state index contributed by atoms with van der Waals surface area (Å²) in [6, 6.07) is 7.29. The molecule has 0 aliphatic rings. The van der Waals surface area contributed by atoms with Crippen molar-refractivity contribution in [2.24, 2.45) is 0 Å². The topological polar surface area (TPSA) is 103 Å². The lowest BCUT2D eigenvalue weighted by Gasteiger charge is -2.08. The summed E-state index contributed by atoms with van der Waals surface area (Å²) < 4.78 is 12.4. The molecule has 9 heteroatoms. The number of aromatic nitrogens is 2. The summed E-state index contributed by atoms with van der Waals surface area (Å²) >= 11 is 2.11. The van der Waals surface area contributed by atoms with E-state index in [0.717, 1.165) is 8.14 Å². The van der Waals surface area contributed by atoms with Crippen molar-refractivity contribution in [2.45, 2.75) is 20.4 Å². The average Bonchev–Trinajstić information content (AvgIpc) is 2.96. The Kier molecular flexibility index (Phi) is 5.59. The molecular formula is C18H16IN3O5. The zero-order valence-electron chi connectivity index (χ0n) is 14.6. The molecule has 1 amide bonds. The Morgan fingerprint density at radius 3 is 2.78 bits per heavy atom. The number of esters is 1. The second-order valence-corrected chi connectivity index (χ2v) is 6.80. The highest BCUT2D eigenvalue weighted by Crippen LogP contribution is 2.22. The Hall–Kier alpha value is -2.69. The molecule has 3 rings (SSSR count). The summed E-state index contributed by atoms with van der Waals surface area (Å²) in [6.07, 6.45) is 1.22. The molecular weight excluding hydrogens is 465 g/mol. The number of nitrogens with one attached hydrogen (secondary N) is 1. The molecule has 27 heavy (non-hydrogen) atoms. The van der Waals surface area contributed by atoms with Crippen molar-refractivity contribution < 1.29 is 18.7 Å². The van der Waals surface area contributed by atoms with E-state index in [0.29, 0.717) is 5.69 Å². The van der Waals surface area contributed by atoms with Crippen LogP contribution in [0.1, 0.15) is 23.0 Å². The van der Waals surface area contributed by atoms with Gasteiger partial charge in [0.15, 0.2) is 0 Å². The highest BCUT2D eigenvalue weighted by Gasteiger charge is 2.24. The lowest BCUT2D eigenvalue weighted by atomic mass is 10.2. The first-order valence-corrected chi connectivity index (χ1v) is 9.20. The number of nitrogens with zero attached hydrogens (tertiary/aromatic N) is 2. The monoisotopic (exact) mass is 481 g/mol. The van der Waals surface area contributed by atoms with Gasteiger partial charge in [-0.1, -0.05) is 12.1 Å². The summed E-state index contributed by atoms with van der Waals surface area (Å²) in [6.45, 7) is 3.14. The molecule has 0 radical (unpaired) electrons. The Morgan fingerprint density at radius 1 is 1.33 bits per heavy atom. The SMILES string of the molecule is CCOC(=O)c1c(C)oc2ncn(CC(=O)Nc3ccccc3I)c(=O)c12. The number of benzene rings is 1. The number of ether oxygens (including phenoxy) is 1. The van der Waals surface area contributed by atoms with Gasteiger partial charge in [0.25, 0.3) is 5.56 Å². The first kappa shape index (κ1) is 19.1. The Balaban J connectivity index is 1.94. The lowest BCUT2D eigenvalue weighted by Crippen LogP contribution is -2.28. The van der Waals surface area contributed by atoms with E-state index in [1.165, 1.54) is 6.33 Å². The summed E-state index contributed by atoms with van der Waals surface area (Å²) in [7, 11) is 0. The zero-order valence-corrected chi connectivity index (χ0v) is 16.8. The minimum atomic E-state index is -0.659. The average molecular weight is 481 g/mol. The Labute approximate surface area is 167 Å². The largest absolute Gasteiger partial charge is 0.462 e. The van der Waals surface area contributed by atoms with Crippen LogP contribution < -0.4 is 10.9 Å². The van der Waals surface area contributed by atoms with Gasteiger partial charge in [-0.3, -0.25) is 14.2 Å². The molecule has 2 heterocycles. The van der Waals surface area contributed by atoms with E-state index in [9.17, 15) is 14.4 Å². The lowest BCUT2D eigenvalue weighted by molar-refractivity contribution is -0.116. The van der Waals surface area contributed by atoms with E-state index in [1.54, 1.807) is 26.0 Å². The maximum absolute atomic E-state index is 12.8. The molecule has 0 spiro atoms. The molecule has 140 valence electrons. The number of rotatable bonds is 5. The van der Waals surface area contributed by atoms with E-state index < -0.39 is 11.5 Å². The number of anilines is 1. The molecule has 0 bridgehead atoms. The Bertz CT molecular complexity index is 1090. The number of para-hydroxylation sites is 1. The van der Waals surface area contributed by atoms with E-state index in [-0.39, 0.29) is 41.5 Å². The molecule has 0 fully saturated rings. The second-order valence-electron chi connectivity index (χ2n) is 5.64. The van der Waals surface area contributed by atoms with Crippen molar-refractivity contribution in [2.75, 3.05) is 11.9 Å². The van der Waals surface area contributed by atoms with Gasteiger partial charge in [-0.25, -0.2) is 9.78 Å². The zero-order chi connectivity index (χ0) is 19.6. The van der Waals surface area contributed by atoms with Crippen molar-refractivity contribution in [1.29, 1.82) is 0 Å². The molecule has 0 saturated carbocycles. The van der Waals surface area contributed by atoms with Crippen molar-refractivity contribution in [3.05, 3.63) is 55.8 Å². The van der Waals surface area contributed by atoms with Gasteiger partial charge in [0, 0.05) is 3.57 Å². The molecule has 0 atom stereocenters. The first-order chi connectivity index (χ1) is 12.9. The third-order valence-electron chi connectivity index (χ3n) is 3.80. The quantitative estimate of drug-likeness (QED) is 0.444. The number of carbonyl (C=O) groups is 2. The van der Waals surface area contributed by atoms with Gasteiger partial charge in [0.05, 0.1) is 12.3 Å². The van der Waals surface area contributed by atoms with E-state index in [2.05, 4.69) is 32.9 Å². The molecule has 0 unspecified atom stereocenters. The van der Waals surface area contributed by atoms with Crippen LogP contribution >= 0.6 is 22.6 Å². The van der Waals surface area contributed by atoms with Crippen LogP contribution in [0.15, 0.2) is 39.8 Å². The standard InChI is InChI=1S/C18H16IN3O5/c1-3-26-18(25)14-10(2)27-16-15(14)17(24)22(9-20-16)8-13(23)21-12-7-5-4-6-11(12)19/h4-7,9H,3,8H2,1-2H3,(H,21,23). The van der Waals surface area contributed by atoms with Gasteiger partial charge in [-0.05, 0) is 48.6 Å². The number of hydrogen-bond acceptors (Lipinski definition) is 6. The molecule has 1 N–H and O–H groups in total. The van der Waals surface area contributed by atoms with Crippen LogP contribution in [0.5, 0.6) is 0 Å². The fourth-order valence-corrected chi connectivity index (χ4v) is 3.13. The van der Waals surface area contributed by atoms with Crippen LogP contribution in [0, 0.1) is 10.5 Å². The van der Waals surface area contributed by atoms with E-state index >= 15 is 0 Å². The van der Waals surface area contributed by atoms with Gasteiger partial charge in [0.1, 0.15) is 29.6 Å². The number of halogens is 1. The van der Waals surface area contributed by atoms with Crippen LogP contribution in [0.4, 0.5) is 5.69 Å². The van der Waals surface area contributed by atoms with Crippen molar-refractivity contribution in [3.8, 4) is 0 Å². The number of carbonyl (C=O) groups excluding carboxylic acids is 2. The highest BCUT2D eigenvalue weighted by atomic mass is 127. The minimum Gasteiger partial charge on any atom is -0.462 e. The predicted molar refractivity (Wildman–Crippen MR) is 107 cm³/mol. The second kappa shape index (κ2) is 7.91. The third kappa shape index (κ3) is 3.87. The summed E-state index contributed by atoms with van der Waals surface area (Å²) in [5.74, 6) is -0.803. The number of hydrogen-bond donors (Lipinski definition) is 1. The summed E-state index contributed by atoms with van der Waals surface area (Å²) in [5, 5.41) is 2.76. The van der Waals surface area contributed by atoms with E-state index in [1.807, 2.05) is 12.1 Å². The highest BCUT2D eigenvalue weighted by molar-refractivity contribution is 14.1. The smallest absolute Gasteiger partial charge is 0.342 e. The maximum atomic E-state index is 12.8. The van der Waals surface area contributed by atoms with Crippen LogP contribution in [-0.4, -0.2) is 28.0 Å². The number of amides is 1. The first-order valence-electron chi connectivity index (χ1n) is 8.12. The number of fused-ring (bicyclic) bond motifs is 1. The molecule has 1 aromatic carbocycles. The van der Waals surface area contributed by atoms with Crippen LogP contribution in [0.25, 0.3) is 11.1 Å². The van der Waals surface area contributed by atoms with Crippen molar-refractivity contribution in [3.63, 3.8) is 0 Å². The molecule has 2 aromatic heterocycles. The number of aryl methyl sites for hydroxylation is 1. The van der Waals surface area contributed by atoms with Gasteiger partial charge < -0.3 is 14.5 Å². The van der Waals surface area contributed by atoms with Gasteiger partial charge in [0.2, 0.25) is 11.6 Å². The summed E-state index contributed by atoms with van der Waals surface area (Å²) in [5.41, 5.74) is 0.181. The van der Waals surface area contributed by atoms with Gasteiger partial charge in [-0.2, -0.15) is 0 Å². The van der Waals surface area contributed by atoms with Crippen LogP contribution in [0.3, 0.4) is 0 Å². The molecule has 0 saturated heterocycles. The fourth-order valence-electron chi connectivity index (χ4n) is 2.61.